The van der Waals surface area contributed by atoms with Crippen molar-refractivity contribution in [3.63, 3.8) is 0 Å². The second-order valence-electron chi connectivity index (χ2n) is 8.03. The van der Waals surface area contributed by atoms with Crippen LogP contribution in [0, 0.1) is 0 Å². The first kappa shape index (κ1) is 25.1. The van der Waals surface area contributed by atoms with Gasteiger partial charge in [-0.05, 0) is 6.92 Å². The maximum Gasteiger partial charge on any atom is 0.187 e. The molecule has 3 aliphatic rings. The Morgan fingerprint density at radius 1 is 0.710 bits per heavy atom. The Labute approximate surface area is 178 Å². The van der Waals surface area contributed by atoms with Crippen molar-refractivity contribution < 1.29 is 64.2 Å². The predicted octanol–water partition coefficient (Wildman–Crippen LogP) is -4.57. The molecule has 0 radical (unpaired) electrons. The minimum absolute atomic E-state index is 0.0835. The van der Waals surface area contributed by atoms with E-state index in [2.05, 4.69) is 0 Å². The lowest BCUT2D eigenvalue weighted by molar-refractivity contribution is -0.356. The van der Waals surface area contributed by atoms with E-state index in [1.165, 1.54) is 7.11 Å². The average Bonchev–Trinajstić information content (AvgIpc) is 2.74. The van der Waals surface area contributed by atoms with Crippen LogP contribution in [0.3, 0.4) is 0 Å². The van der Waals surface area contributed by atoms with Gasteiger partial charge in [0.05, 0.1) is 25.9 Å². The van der Waals surface area contributed by atoms with Crippen molar-refractivity contribution in [3.05, 3.63) is 0 Å². The molecule has 3 rings (SSSR count). The molecule has 3 fully saturated rings. The zero-order valence-corrected chi connectivity index (χ0v) is 17.2. The van der Waals surface area contributed by atoms with E-state index >= 15 is 0 Å². The van der Waals surface area contributed by atoms with Crippen LogP contribution < -0.4 is 0 Å². The van der Waals surface area contributed by atoms with Gasteiger partial charge in [-0.3, -0.25) is 0 Å². The van der Waals surface area contributed by atoms with Gasteiger partial charge in [0.1, 0.15) is 61.0 Å². The minimum atomic E-state index is -1.64. The molecule has 0 unspecified atom stereocenters. The van der Waals surface area contributed by atoms with Gasteiger partial charge in [-0.2, -0.15) is 0 Å². The predicted molar refractivity (Wildman–Crippen MR) is 97.5 cm³/mol. The van der Waals surface area contributed by atoms with E-state index in [9.17, 15) is 35.7 Å². The molecular weight excluding hydrogens is 424 g/mol. The highest BCUT2D eigenvalue weighted by Gasteiger charge is 2.50. The van der Waals surface area contributed by atoms with Gasteiger partial charge in [-0.15, -0.1) is 0 Å². The van der Waals surface area contributed by atoms with E-state index in [-0.39, 0.29) is 19.8 Å². The lowest BCUT2D eigenvalue weighted by atomic mass is 9.97. The molecule has 0 aromatic rings. The van der Waals surface area contributed by atoms with Gasteiger partial charge in [0.15, 0.2) is 12.6 Å². The fourth-order valence-electron chi connectivity index (χ4n) is 3.82. The van der Waals surface area contributed by atoms with Crippen LogP contribution >= 0.6 is 0 Å². The largest absolute Gasteiger partial charge is 0.388 e. The fourth-order valence-corrected chi connectivity index (χ4v) is 3.82. The zero-order valence-electron chi connectivity index (χ0n) is 17.2. The van der Waals surface area contributed by atoms with Gasteiger partial charge >= 0.3 is 0 Å². The molecule has 0 aromatic heterocycles. The Hall–Kier alpha value is -0.520. The summed E-state index contributed by atoms with van der Waals surface area (Å²) in [6.45, 7) is 1.13. The number of rotatable bonds is 6. The van der Waals surface area contributed by atoms with Crippen LogP contribution in [-0.4, -0.2) is 142 Å². The van der Waals surface area contributed by atoms with Crippen LogP contribution in [0.5, 0.6) is 0 Å². The summed E-state index contributed by atoms with van der Waals surface area (Å²) in [6, 6.07) is 0. The van der Waals surface area contributed by atoms with Crippen molar-refractivity contribution >= 4 is 0 Å². The summed E-state index contributed by atoms with van der Waals surface area (Å²) in [7, 11) is 1.37. The van der Waals surface area contributed by atoms with Crippen molar-refractivity contribution in [2.75, 3.05) is 26.9 Å². The molecule has 13 atom stereocenters. The molecule has 31 heavy (non-hydrogen) atoms. The van der Waals surface area contributed by atoms with E-state index in [1.807, 2.05) is 0 Å². The maximum absolute atomic E-state index is 10.5. The molecule has 3 saturated heterocycles. The highest BCUT2D eigenvalue weighted by molar-refractivity contribution is 4.94. The first-order chi connectivity index (χ1) is 14.6. The number of hydrogen-bond acceptors (Lipinski definition) is 13. The third kappa shape index (κ3) is 5.35. The number of aliphatic hydroxyl groups excluding tert-OH is 7. The minimum Gasteiger partial charge on any atom is -0.388 e. The molecule has 13 heteroatoms. The van der Waals surface area contributed by atoms with Crippen molar-refractivity contribution in [2.24, 2.45) is 0 Å². The lowest BCUT2D eigenvalue weighted by Gasteiger charge is -2.46. The molecule has 0 bridgehead atoms. The maximum atomic E-state index is 10.5. The third-order valence-corrected chi connectivity index (χ3v) is 5.73. The highest BCUT2D eigenvalue weighted by atomic mass is 16.7. The second kappa shape index (κ2) is 10.6. The van der Waals surface area contributed by atoms with E-state index in [0.717, 1.165) is 0 Å². The Morgan fingerprint density at radius 3 is 2.00 bits per heavy atom. The molecule has 13 nitrogen and oxygen atoms in total. The molecule has 7 N–H and O–H groups in total. The molecule has 0 aromatic carbocycles. The van der Waals surface area contributed by atoms with Gasteiger partial charge in [0, 0.05) is 7.11 Å². The first-order valence-electron chi connectivity index (χ1n) is 10.1. The van der Waals surface area contributed by atoms with Crippen LogP contribution in [0.15, 0.2) is 0 Å². The molecule has 3 aliphatic heterocycles. The summed E-state index contributed by atoms with van der Waals surface area (Å²) in [4.78, 5) is 0. The monoisotopic (exact) mass is 456 g/mol. The van der Waals surface area contributed by atoms with Crippen molar-refractivity contribution in [1.82, 2.24) is 0 Å². The van der Waals surface area contributed by atoms with E-state index in [0.29, 0.717) is 0 Å². The number of ether oxygens (including phenoxy) is 6. The average molecular weight is 456 g/mol. The quantitative estimate of drug-likeness (QED) is 0.202. The molecule has 182 valence electrons. The van der Waals surface area contributed by atoms with Gasteiger partial charge in [-0.1, -0.05) is 0 Å². The van der Waals surface area contributed by atoms with Crippen LogP contribution in [0.1, 0.15) is 6.92 Å². The molecule has 3 heterocycles. The van der Waals surface area contributed by atoms with E-state index in [1.54, 1.807) is 6.92 Å². The van der Waals surface area contributed by atoms with Crippen LogP contribution in [0.25, 0.3) is 0 Å². The van der Waals surface area contributed by atoms with E-state index < -0.39 is 79.7 Å². The molecule has 0 saturated carbocycles. The van der Waals surface area contributed by atoms with Crippen LogP contribution in [0.2, 0.25) is 0 Å². The summed E-state index contributed by atoms with van der Waals surface area (Å²) < 4.78 is 32.7. The molecule has 0 aliphatic carbocycles. The third-order valence-electron chi connectivity index (χ3n) is 5.73. The van der Waals surface area contributed by atoms with Crippen molar-refractivity contribution in [1.29, 1.82) is 0 Å². The SMILES string of the molecule is COC[C@H]1O[C@@H](O[C@@H]2[C@@H](O[C@@H]3OC[C@@H](O)[C@H](O)[C@H]3O)[C@H](C)OC[C@@H]2O)[C@H](O)[C@@H](O)[C@@H]1O. The zero-order chi connectivity index (χ0) is 22.9. The second-order valence-corrected chi connectivity index (χ2v) is 8.03. The summed E-state index contributed by atoms with van der Waals surface area (Å²) in [5, 5.41) is 70.6. The number of methoxy groups -OCH3 is 1. The summed E-state index contributed by atoms with van der Waals surface area (Å²) >= 11 is 0. The molecular formula is C18H32O13. The van der Waals surface area contributed by atoms with Gasteiger partial charge in [0.2, 0.25) is 0 Å². The Kier molecular flexibility index (Phi) is 8.59. The Balaban J connectivity index is 1.73. The van der Waals surface area contributed by atoms with Crippen molar-refractivity contribution in [3.8, 4) is 0 Å². The van der Waals surface area contributed by atoms with Crippen molar-refractivity contribution in [2.45, 2.75) is 86.6 Å². The smallest absolute Gasteiger partial charge is 0.187 e. The number of aliphatic hydroxyl groups is 7. The fraction of sp³-hybridized carbons (Fsp3) is 1.00. The summed E-state index contributed by atoms with van der Waals surface area (Å²) in [5.74, 6) is 0. The lowest BCUT2D eigenvalue weighted by Crippen LogP contribution is -2.64. The topological polar surface area (TPSA) is 197 Å². The van der Waals surface area contributed by atoms with Crippen LogP contribution in [0.4, 0.5) is 0 Å². The van der Waals surface area contributed by atoms with Crippen LogP contribution in [-0.2, 0) is 28.4 Å². The van der Waals surface area contributed by atoms with Gasteiger partial charge < -0.3 is 64.2 Å². The first-order valence-corrected chi connectivity index (χ1v) is 10.1. The molecule has 0 amide bonds. The Bertz CT molecular complexity index is 567. The van der Waals surface area contributed by atoms with Gasteiger partial charge in [0.25, 0.3) is 0 Å². The normalized spacial score (nSPS) is 51.6. The highest BCUT2D eigenvalue weighted by Crippen LogP contribution is 2.30. The molecule has 0 spiro atoms. The van der Waals surface area contributed by atoms with Gasteiger partial charge in [-0.25, -0.2) is 0 Å². The number of hydrogen-bond donors (Lipinski definition) is 7. The summed E-state index contributed by atoms with van der Waals surface area (Å²) in [5.41, 5.74) is 0. The standard InChI is InChI=1S/C18H32O13/c1-6-15(30-17-13(24)10(21)7(19)3-28-17)16(8(20)4-27-6)31-18-14(25)12(23)11(22)9(29-18)5-26-2/h6-25H,3-5H2,1-2H3/t6-,7+,8-,9+,10-,11+,12-,13+,14+,15-,16-,17-,18-/m0/s1. The Morgan fingerprint density at radius 2 is 1.32 bits per heavy atom. The van der Waals surface area contributed by atoms with E-state index in [4.69, 9.17) is 28.4 Å². The summed E-state index contributed by atoms with van der Waals surface area (Å²) in [6.07, 6.45) is -16.9.